The molecule has 1 amide bonds. The standard InChI is InChI=1S/C10H7N2O2.Li/c1-5-7-4-8-6(3-10(13)11-8)2-9(7)14-12-5;/h2,4H,1,3H2,(H,11,13);/q-1;+1. The number of hydrogen-bond acceptors (Lipinski definition) is 3. The Balaban J connectivity index is 0.000000853. The third-order valence-electron chi connectivity index (χ3n) is 2.40. The van der Waals surface area contributed by atoms with E-state index in [1.807, 2.05) is 12.1 Å². The summed E-state index contributed by atoms with van der Waals surface area (Å²) in [5.41, 5.74) is 3.09. The van der Waals surface area contributed by atoms with Gasteiger partial charge in [-0.15, -0.1) is 11.2 Å². The molecule has 1 aliphatic rings. The molecule has 1 aromatic carbocycles. The van der Waals surface area contributed by atoms with Gasteiger partial charge in [0.15, 0.2) is 0 Å². The molecule has 2 aromatic rings. The zero-order valence-corrected chi connectivity index (χ0v) is 8.33. The van der Waals surface area contributed by atoms with Gasteiger partial charge in [0.2, 0.25) is 5.91 Å². The SMILES string of the molecule is [CH2-]c1noc2cc3c(cc12)NC(=O)C3.[Li+]. The minimum atomic E-state index is 0. The summed E-state index contributed by atoms with van der Waals surface area (Å²) in [5.74, 6) is 0.0197. The number of carbonyl (C=O) groups is 1. The molecule has 1 N–H and O–H groups in total. The van der Waals surface area contributed by atoms with Gasteiger partial charge in [0.05, 0.1) is 12.0 Å². The number of benzene rings is 1. The van der Waals surface area contributed by atoms with Gasteiger partial charge >= 0.3 is 18.9 Å². The minimum absolute atomic E-state index is 0. The van der Waals surface area contributed by atoms with Crippen LogP contribution in [0.4, 0.5) is 5.69 Å². The summed E-state index contributed by atoms with van der Waals surface area (Å²) in [6.45, 7) is 3.74. The van der Waals surface area contributed by atoms with Crippen molar-refractivity contribution in [1.29, 1.82) is 0 Å². The molecule has 0 bridgehead atoms. The van der Waals surface area contributed by atoms with E-state index in [1.54, 1.807) is 0 Å². The third kappa shape index (κ3) is 1.43. The maximum absolute atomic E-state index is 11.1. The van der Waals surface area contributed by atoms with Crippen LogP contribution in [0.2, 0.25) is 0 Å². The van der Waals surface area contributed by atoms with Gasteiger partial charge in [0, 0.05) is 5.69 Å². The third-order valence-corrected chi connectivity index (χ3v) is 2.40. The Hall–Kier alpha value is -1.37. The largest absolute Gasteiger partial charge is 1.00 e. The van der Waals surface area contributed by atoms with Crippen molar-refractivity contribution in [2.75, 3.05) is 5.32 Å². The van der Waals surface area contributed by atoms with Crippen LogP contribution in [0, 0.1) is 6.92 Å². The van der Waals surface area contributed by atoms with E-state index >= 15 is 0 Å². The van der Waals surface area contributed by atoms with Crippen LogP contribution in [0.3, 0.4) is 0 Å². The average molecular weight is 194 g/mol. The zero-order valence-electron chi connectivity index (χ0n) is 8.33. The van der Waals surface area contributed by atoms with Crippen molar-refractivity contribution >= 4 is 22.6 Å². The maximum atomic E-state index is 11.1. The first kappa shape index (κ1) is 10.2. The van der Waals surface area contributed by atoms with Crippen molar-refractivity contribution in [3.63, 3.8) is 0 Å². The Morgan fingerprint density at radius 2 is 2.27 bits per heavy atom. The van der Waals surface area contributed by atoms with Crippen LogP contribution in [-0.2, 0) is 11.2 Å². The summed E-state index contributed by atoms with van der Waals surface area (Å²) in [4.78, 5) is 11.1. The summed E-state index contributed by atoms with van der Waals surface area (Å²) in [6, 6.07) is 3.69. The molecule has 0 spiro atoms. The number of anilines is 1. The monoisotopic (exact) mass is 194 g/mol. The number of aromatic nitrogens is 1. The molecule has 0 radical (unpaired) electrons. The topological polar surface area (TPSA) is 55.1 Å². The zero-order chi connectivity index (χ0) is 9.71. The second kappa shape index (κ2) is 3.33. The van der Waals surface area contributed by atoms with E-state index in [0.717, 1.165) is 16.6 Å². The summed E-state index contributed by atoms with van der Waals surface area (Å²) in [5, 5.41) is 7.38. The number of amides is 1. The molecule has 0 unspecified atom stereocenters. The van der Waals surface area contributed by atoms with Crippen molar-refractivity contribution in [2.45, 2.75) is 6.42 Å². The van der Waals surface area contributed by atoms with Gasteiger partial charge in [0.25, 0.3) is 0 Å². The summed E-state index contributed by atoms with van der Waals surface area (Å²) < 4.78 is 5.06. The number of rotatable bonds is 0. The van der Waals surface area contributed by atoms with Crippen LogP contribution in [0.15, 0.2) is 16.7 Å². The Morgan fingerprint density at radius 1 is 1.47 bits per heavy atom. The van der Waals surface area contributed by atoms with Crippen molar-refractivity contribution in [2.24, 2.45) is 0 Å². The first-order valence-corrected chi connectivity index (χ1v) is 4.28. The second-order valence-corrected chi connectivity index (χ2v) is 3.36. The summed E-state index contributed by atoms with van der Waals surface area (Å²) >= 11 is 0. The fourth-order valence-electron chi connectivity index (χ4n) is 1.71. The van der Waals surface area contributed by atoms with E-state index in [4.69, 9.17) is 4.52 Å². The first-order chi connectivity index (χ1) is 6.74. The number of nitrogens with zero attached hydrogens (tertiary/aromatic N) is 1. The smallest absolute Gasteiger partial charge is 0.378 e. The van der Waals surface area contributed by atoms with Crippen molar-refractivity contribution in [3.8, 4) is 0 Å². The van der Waals surface area contributed by atoms with Crippen LogP contribution in [-0.4, -0.2) is 11.1 Å². The van der Waals surface area contributed by atoms with Gasteiger partial charge in [-0.1, -0.05) is 11.1 Å². The van der Waals surface area contributed by atoms with Gasteiger partial charge in [-0.05, 0) is 11.6 Å². The summed E-state index contributed by atoms with van der Waals surface area (Å²) in [7, 11) is 0. The Bertz CT molecular complexity index is 548. The van der Waals surface area contributed by atoms with Gasteiger partial charge in [-0.25, -0.2) is 6.92 Å². The molecule has 4 nitrogen and oxygen atoms in total. The molecule has 1 aliphatic heterocycles. The van der Waals surface area contributed by atoms with E-state index in [2.05, 4.69) is 17.4 Å². The molecule has 5 heteroatoms. The van der Waals surface area contributed by atoms with Crippen LogP contribution in [0.25, 0.3) is 11.0 Å². The van der Waals surface area contributed by atoms with Crippen LogP contribution < -0.4 is 24.2 Å². The molecular formula is C10H7LiN2O2. The minimum Gasteiger partial charge on any atom is -0.378 e. The fraction of sp³-hybridized carbons (Fsp3) is 0.100. The molecule has 1 aromatic heterocycles. The van der Waals surface area contributed by atoms with E-state index in [-0.39, 0.29) is 24.8 Å². The van der Waals surface area contributed by atoms with Crippen molar-refractivity contribution in [3.05, 3.63) is 30.3 Å². The van der Waals surface area contributed by atoms with Crippen LogP contribution >= 0.6 is 0 Å². The molecule has 0 saturated heterocycles. The van der Waals surface area contributed by atoms with Crippen molar-refractivity contribution < 1.29 is 28.2 Å². The predicted molar refractivity (Wildman–Crippen MR) is 50.8 cm³/mol. The molecule has 70 valence electrons. The molecule has 0 atom stereocenters. The van der Waals surface area contributed by atoms with Gasteiger partial charge in [0.1, 0.15) is 0 Å². The first-order valence-electron chi connectivity index (χ1n) is 4.28. The van der Waals surface area contributed by atoms with Crippen LogP contribution in [0.5, 0.6) is 0 Å². The average Bonchev–Trinajstić information content (AvgIpc) is 2.66. The maximum Gasteiger partial charge on any atom is 1.00 e. The van der Waals surface area contributed by atoms with E-state index in [9.17, 15) is 4.79 Å². The Morgan fingerprint density at radius 3 is 3.07 bits per heavy atom. The molecule has 0 fully saturated rings. The normalized spacial score (nSPS) is 13.5. The molecule has 0 aliphatic carbocycles. The van der Waals surface area contributed by atoms with Gasteiger partial charge < -0.3 is 9.84 Å². The number of fused-ring (bicyclic) bond motifs is 2. The predicted octanol–water partition coefficient (Wildman–Crippen LogP) is -1.49. The molecule has 2 heterocycles. The molecule has 15 heavy (non-hydrogen) atoms. The molecule has 3 rings (SSSR count). The number of nitrogens with one attached hydrogen (secondary N) is 1. The quantitative estimate of drug-likeness (QED) is 0.410. The van der Waals surface area contributed by atoms with Gasteiger partial charge in [-0.3, -0.25) is 4.79 Å². The van der Waals surface area contributed by atoms with Crippen LogP contribution in [0.1, 0.15) is 11.3 Å². The van der Waals surface area contributed by atoms with E-state index in [1.165, 1.54) is 0 Å². The molecular weight excluding hydrogens is 187 g/mol. The Kier molecular flexibility index (Phi) is 2.26. The van der Waals surface area contributed by atoms with E-state index in [0.29, 0.717) is 17.7 Å². The number of hydrogen-bond donors (Lipinski definition) is 1. The van der Waals surface area contributed by atoms with Gasteiger partial charge in [-0.2, -0.15) is 0 Å². The fourth-order valence-corrected chi connectivity index (χ4v) is 1.71. The van der Waals surface area contributed by atoms with E-state index < -0.39 is 0 Å². The Labute approximate surface area is 98.2 Å². The molecule has 0 saturated carbocycles. The van der Waals surface area contributed by atoms with Crippen molar-refractivity contribution in [1.82, 2.24) is 5.16 Å². The second-order valence-electron chi connectivity index (χ2n) is 3.36. The summed E-state index contributed by atoms with van der Waals surface area (Å²) in [6.07, 6.45) is 0.415. The number of carbonyl (C=O) groups excluding carboxylic acids is 1.